The van der Waals surface area contributed by atoms with E-state index in [0.717, 1.165) is 32.8 Å². The molecule has 0 radical (unpaired) electrons. The van der Waals surface area contributed by atoms with E-state index in [0.29, 0.717) is 12.3 Å². The second-order valence-electron chi connectivity index (χ2n) is 5.05. The van der Waals surface area contributed by atoms with E-state index >= 15 is 0 Å². The second kappa shape index (κ2) is 6.95. The molecule has 3 unspecified atom stereocenters. The lowest BCUT2D eigenvalue weighted by Crippen LogP contribution is -2.43. The summed E-state index contributed by atoms with van der Waals surface area (Å²) in [5, 5.41) is 12.4. The van der Waals surface area contributed by atoms with Crippen LogP contribution in [0, 0.1) is 17.2 Å². The van der Waals surface area contributed by atoms with Crippen LogP contribution in [-0.2, 0) is 9.47 Å². The quantitative estimate of drug-likeness (QED) is 0.736. The molecule has 3 atom stereocenters. The Morgan fingerprint density at radius 2 is 2.41 bits per heavy atom. The zero-order valence-electron chi connectivity index (χ0n) is 11.2. The van der Waals surface area contributed by atoms with Crippen molar-refractivity contribution in [3.63, 3.8) is 0 Å². The Morgan fingerprint density at radius 3 is 2.94 bits per heavy atom. The lowest BCUT2D eigenvalue weighted by molar-refractivity contribution is 0.0226. The summed E-state index contributed by atoms with van der Waals surface area (Å²) in [6, 6.07) is 2.32. The number of nitrogens with one attached hydrogen (secondary N) is 1. The lowest BCUT2D eigenvalue weighted by atomic mass is 9.96. The maximum absolute atomic E-state index is 9.16. The SMILES string of the molecule is CCNC(C)(C#N)CC(C)OCC1CCOC1. The van der Waals surface area contributed by atoms with Gasteiger partial charge in [-0.25, -0.2) is 0 Å². The van der Waals surface area contributed by atoms with Crippen LogP contribution in [0.3, 0.4) is 0 Å². The lowest BCUT2D eigenvalue weighted by Gasteiger charge is -2.26. The third-order valence-electron chi connectivity index (χ3n) is 3.15. The Morgan fingerprint density at radius 1 is 1.65 bits per heavy atom. The summed E-state index contributed by atoms with van der Waals surface area (Å²) in [6.07, 6.45) is 1.90. The van der Waals surface area contributed by atoms with Crippen LogP contribution in [0.4, 0.5) is 0 Å². The molecular formula is C13H24N2O2. The van der Waals surface area contributed by atoms with Gasteiger partial charge in [0.25, 0.3) is 0 Å². The summed E-state index contributed by atoms with van der Waals surface area (Å²) in [7, 11) is 0. The van der Waals surface area contributed by atoms with E-state index < -0.39 is 5.54 Å². The molecule has 0 bridgehead atoms. The highest BCUT2D eigenvalue weighted by Crippen LogP contribution is 2.17. The minimum atomic E-state index is -0.486. The van der Waals surface area contributed by atoms with Gasteiger partial charge in [-0.3, -0.25) is 5.32 Å². The molecule has 98 valence electrons. The Kier molecular flexibility index (Phi) is 5.90. The molecule has 17 heavy (non-hydrogen) atoms. The first-order chi connectivity index (χ1) is 8.09. The molecule has 1 rings (SSSR count). The summed E-state index contributed by atoms with van der Waals surface area (Å²) < 4.78 is 11.1. The van der Waals surface area contributed by atoms with Gasteiger partial charge >= 0.3 is 0 Å². The number of hydrogen-bond donors (Lipinski definition) is 1. The highest BCUT2D eigenvalue weighted by Gasteiger charge is 2.26. The van der Waals surface area contributed by atoms with E-state index in [-0.39, 0.29) is 6.10 Å². The van der Waals surface area contributed by atoms with Gasteiger partial charge in [0.1, 0.15) is 5.54 Å². The van der Waals surface area contributed by atoms with Crippen molar-refractivity contribution in [2.24, 2.45) is 5.92 Å². The van der Waals surface area contributed by atoms with E-state index in [9.17, 15) is 0 Å². The van der Waals surface area contributed by atoms with Crippen LogP contribution < -0.4 is 5.32 Å². The highest BCUT2D eigenvalue weighted by atomic mass is 16.5. The largest absolute Gasteiger partial charge is 0.381 e. The molecule has 1 fully saturated rings. The first kappa shape index (κ1) is 14.4. The summed E-state index contributed by atoms with van der Waals surface area (Å²) in [5.41, 5.74) is -0.486. The van der Waals surface area contributed by atoms with E-state index in [2.05, 4.69) is 11.4 Å². The van der Waals surface area contributed by atoms with Crippen molar-refractivity contribution in [2.45, 2.75) is 45.3 Å². The van der Waals surface area contributed by atoms with Gasteiger partial charge in [0.15, 0.2) is 0 Å². The molecule has 1 N–H and O–H groups in total. The molecule has 1 saturated heterocycles. The smallest absolute Gasteiger partial charge is 0.106 e. The zero-order chi connectivity index (χ0) is 12.7. The first-order valence-corrected chi connectivity index (χ1v) is 6.45. The van der Waals surface area contributed by atoms with Crippen LogP contribution in [0.25, 0.3) is 0 Å². The molecule has 0 aromatic carbocycles. The van der Waals surface area contributed by atoms with Gasteiger partial charge in [-0.15, -0.1) is 0 Å². The summed E-state index contributed by atoms with van der Waals surface area (Å²) in [6.45, 7) is 9.18. The molecule has 4 heteroatoms. The predicted octanol–water partition coefficient (Wildman–Crippen LogP) is 1.71. The summed E-state index contributed by atoms with van der Waals surface area (Å²) in [5.74, 6) is 0.532. The minimum Gasteiger partial charge on any atom is -0.381 e. The Bertz CT molecular complexity index is 259. The second-order valence-corrected chi connectivity index (χ2v) is 5.05. The summed E-state index contributed by atoms with van der Waals surface area (Å²) in [4.78, 5) is 0. The zero-order valence-corrected chi connectivity index (χ0v) is 11.2. The third-order valence-corrected chi connectivity index (χ3v) is 3.15. The van der Waals surface area contributed by atoms with Gasteiger partial charge in [-0.05, 0) is 26.8 Å². The van der Waals surface area contributed by atoms with Crippen molar-refractivity contribution in [1.29, 1.82) is 5.26 Å². The van der Waals surface area contributed by atoms with Gasteiger partial charge in [0.2, 0.25) is 0 Å². The van der Waals surface area contributed by atoms with Crippen molar-refractivity contribution < 1.29 is 9.47 Å². The van der Waals surface area contributed by atoms with Crippen molar-refractivity contribution >= 4 is 0 Å². The number of hydrogen-bond acceptors (Lipinski definition) is 4. The van der Waals surface area contributed by atoms with Crippen LogP contribution in [-0.4, -0.2) is 38.0 Å². The van der Waals surface area contributed by atoms with Crippen LogP contribution in [0.1, 0.15) is 33.6 Å². The van der Waals surface area contributed by atoms with Gasteiger partial charge < -0.3 is 9.47 Å². The van der Waals surface area contributed by atoms with Gasteiger partial charge in [0, 0.05) is 18.9 Å². The average molecular weight is 240 g/mol. The monoisotopic (exact) mass is 240 g/mol. The fourth-order valence-corrected chi connectivity index (χ4v) is 2.20. The molecule has 0 aromatic rings. The molecule has 0 aliphatic carbocycles. The number of ether oxygens (including phenoxy) is 2. The topological polar surface area (TPSA) is 54.3 Å². The minimum absolute atomic E-state index is 0.0966. The third kappa shape index (κ3) is 5.03. The molecule has 1 aliphatic heterocycles. The summed E-state index contributed by atoms with van der Waals surface area (Å²) >= 11 is 0. The Labute approximate surface area is 104 Å². The normalized spacial score (nSPS) is 25.2. The molecule has 1 heterocycles. The van der Waals surface area contributed by atoms with Crippen LogP contribution in [0.2, 0.25) is 0 Å². The van der Waals surface area contributed by atoms with Crippen molar-refractivity contribution in [2.75, 3.05) is 26.4 Å². The molecule has 0 saturated carbocycles. The van der Waals surface area contributed by atoms with Gasteiger partial charge in [-0.1, -0.05) is 6.92 Å². The van der Waals surface area contributed by atoms with Crippen LogP contribution >= 0.6 is 0 Å². The van der Waals surface area contributed by atoms with E-state index in [4.69, 9.17) is 14.7 Å². The van der Waals surface area contributed by atoms with Gasteiger partial charge in [-0.2, -0.15) is 5.26 Å². The molecule has 0 spiro atoms. The van der Waals surface area contributed by atoms with E-state index in [1.807, 2.05) is 20.8 Å². The highest BCUT2D eigenvalue weighted by molar-refractivity contribution is 5.04. The Balaban J connectivity index is 2.27. The van der Waals surface area contributed by atoms with Crippen LogP contribution in [0.15, 0.2) is 0 Å². The first-order valence-electron chi connectivity index (χ1n) is 6.45. The molecule has 0 aromatic heterocycles. The van der Waals surface area contributed by atoms with E-state index in [1.54, 1.807) is 0 Å². The molecular weight excluding hydrogens is 216 g/mol. The molecule has 1 aliphatic rings. The van der Waals surface area contributed by atoms with E-state index in [1.165, 1.54) is 0 Å². The van der Waals surface area contributed by atoms with Crippen molar-refractivity contribution in [3.8, 4) is 6.07 Å². The standard InChI is InChI=1S/C13H24N2O2/c1-4-15-13(3,10-14)7-11(2)17-9-12-5-6-16-8-12/h11-12,15H,4-9H2,1-3H3. The maximum Gasteiger partial charge on any atom is 0.106 e. The van der Waals surface area contributed by atoms with Gasteiger partial charge in [0.05, 0.1) is 25.4 Å². The molecule has 4 nitrogen and oxygen atoms in total. The number of nitriles is 1. The fourth-order valence-electron chi connectivity index (χ4n) is 2.20. The maximum atomic E-state index is 9.16. The predicted molar refractivity (Wildman–Crippen MR) is 66.7 cm³/mol. The van der Waals surface area contributed by atoms with Crippen molar-refractivity contribution in [1.82, 2.24) is 5.32 Å². The number of rotatable bonds is 7. The number of nitrogens with zero attached hydrogens (tertiary/aromatic N) is 1. The average Bonchev–Trinajstić information content (AvgIpc) is 2.79. The fraction of sp³-hybridized carbons (Fsp3) is 0.923. The Hall–Kier alpha value is -0.630. The van der Waals surface area contributed by atoms with Crippen LogP contribution in [0.5, 0.6) is 0 Å². The molecule has 0 amide bonds. The van der Waals surface area contributed by atoms with Crippen molar-refractivity contribution in [3.05, 3.63) is 0 Å².